The minimum atomic E-state index is 0.248. The van der Waals surface area contributed by atoms with Crippen LogP contribution in [0.5, 0.6) is 0 Å². The van der Waals surface area contributed by atoms with Gasteiger partial charge in [0, 0.05) is 17.3 Å². The zero-order valence-corrected chi connectivity index (χ0v) is 24.6. The molecule has 3 nitrogen and oxygen atoms in total. The first-order chi connectivity index (χ1) is 17.4. The average Bonchev–Trinajstić information content (AvgIpc) is 3.03. The lowest BCUT2D eigenvalue weighted by atomic mass is 9.62. The summed E-state index contributed by atoms with van der Waals surface area (Å²) in [6.07, 6.45) is 25.2. The number of hydrogen-bond acceptors (Lipinski definition) is 4. The summed E-state index contributed by atoms with van der Waals surface area (Å²) in [5.74, 6) is 3.22. The normalized spacial score (nSPS) is 40.3. The van der Waals surface area contributed by atoms with Gasteiger partial charge in [-0.1, -0.05) is 83.4 Å². The number of thiol groups is 1. The van der Waals surface area contributed by atoms with Gasteiger partial charge in [-0.05, 0) is 93.4 Å². The molecule has 0 aromatic carbocycles. The Morgan fingerprint density at radius 3 is 2.28 bits per heavy atom. The molecule has 5 heteroatoms. The topological polar surface area (TPSA) is 78.1 Å². The van der Waals surface area contributed by atoms with Gasteiger partial charge in [0.15, 0.2) is 0 Å². The van der Waals surface area contributed by atoms with Crippen molar-refractivity contribution in [3.05, 3.63) is 0 Å². The maximum atomic E-state index is 7.22. The van der Waals surface area contributed by atoms with E-state index < -0.39 is 0 Å². The fourth-order valence-electron chi connectivity index (χ4n) is 8.57. The summed E-state index contributed by atoms with van der Waals surface area (Å²) in [7, 11) is 6.58. The Labute approximate surface area is 231 Å². The molecule has 36 heavy (non-hydrogen) atoms. The van der Waals surface area contributed by atoms with Gasteiger partial charge in [0.1, 0.15) is 0 Å². The van der Waals surface area contributed by atoms with Crippen LogP contribution < -0.4 is 17.2 Å². The highest BCUT2D eigenvalue weighted by molar-refractivity contribution is 7.81. The second kappa shape index (κ2) is 15.8. The molecule has 3 aliphatic rings. The van der Waals surface area contributed by atoms with E-state index in [4.69, 9.17) is 37.7 Å². The Bertz CT molecular complexity index is 596. The molecule has 7 unspecified atom stereocenters. The third kappa shape index (κ3) is 8.65. The number of hydrogen-bond donors (Lipinski definition) is 4. The molecule has 2 radical (unpaired) electrons. The highest BCUT2D eigenvalue weighted by atomic mass is 32.1. The first kappa shape index (κ1) is 30.8. The number of nitrogens with two attached hydrogens (primary N) is 3. The Morgan fingerprint density at radius 1 is 0.861 bits per heavy atom. The van der Waals surface area contributed by atoms with E-state index in [1.54, 1.807) is 0 Å². The standard InChI is InChI=1S/C31H60BN3S/c1-2-3-5-18-31(20-21-33)19-6-4-9-24(22-29(31)35)27-16-14-25(32)15-17-28(27)30(36)23-10-7-12-26(34)13-8-11-23/h23-30,36H,2-22,33-35H2,1H3. The lowest BCUT2D eigenvalue weighted by Gasteiger charge is -2.46. The maximum Gasteiger partial charge on any atom is 0.0699 e. The van der Waals surface area contributed by atoms with Crippen molar-refractivity contribution in [1.82, 2.24) is 0 Å². The van der Waals surface area contributed by atoms with E-state index in [2.05, 4.69) is 6.92 Å². The van der Waals surface area contributed by atoms with Crippen LogP contribution in [0.4, 0.5) is 0 Å². The monoisotopic (exact) mass is 517 g/mol. The highest BCUT2D eigenvalue weighted by Crippen LogP contribution is 2.49. The quantitative estimate of drug-likeness (QED) is 0.113. The molecule has 0 aromatic rings. The van der Waals surface area contributed by atoms with Crippen LogP contribution in [0.15, 0.2) is 0 Å². The first-order valence-corrected chi connectivity index (χ1v) is 16.6. The molecule has 6 N–H and O–H groups in total. The molecular formula is C31H60BN3S. The van der Waals surface area contributed by atoms with Gasteiger partial charge in [-0.3, -0.25) is 0 Å². The zero-order chi connectivity index (χ0) is 26.0. The van der Waals surface area contributed by atoms with Crippen molar-refractivity contribution >= 4 is 20.5 Å². The van der Waals surface area contributed by atoms with E-state index in [0.717, 1.165) is 30.7 Å². The first-order valence-electron chi connectivity index (χ1n) is 16.0. The Morgan fingerprint density at radius 2 is 1.58 bits per heavy atom. The number of unbranched alkanes of at least 4 members (excludes halogenated alkanes) is 2. The predicted molar refractivity (Wildman–Crippen MR) is 162 cm³/mol. The van der Waals surface area contributed by atoms with Gasteiger partial charge in [-0.15, -0.1) is 0 Å². The summed E-state index contributed by atoms with van der Waals surface area (Å²) in [5, 5.41) is 0.495. The van der Waals surface area contributed by atoms with Crippen molar-refractivity contribution in [1.29, 1.82) is 0 Å². The largest absolute Gasteiger partial charge is 0.330 e. The Hall–Kier alpha value is 0.295. The summed E-state index contributed by atoms with van der Waals surface area (Å²) in [6.45, 7) is 3.08. The SMILES string of the molecule is [B]C1CCC(C2CCCCC(CCN)(CCCCC)C(N)C2)C(C(S)C2CCCC(N)CCC2)CC1. The molecule has 3 saturated carbocycles. The van der Waals surface area contributed by atoms with Crippen molar-refractivity contribution in [2.75, 3.05) is 6.54 Å². The lowest BCUT2D eigenvalue weighted by molar-refractivity contribution is 0.0846. The van der Waals surface area contributed by atoms with Crippen molar-refractivity contribution < 1.29 is 0 Å². The third-order valence-corrected chi connectivity index (χ3v) is 11.7. The van der Waals surface area contributed by atoms with Crippen LogP contribution in [0.3, 0.4) is 0 Å². The van der Waals surface area contributed by atoms with E-state index in [-0.39, 0.29) is 11.5 Å². The van der Waals surface area contributed by atoms with E-state index >= 15 is 0 Å². The fraction of sp³-hybridized carbons (Fsp3) is 1.00. The van der Waals surface area contributed by atoms with E-state index in [1.807, 2.05) is 0 Å². The van der Waals surface area contributed by atoms with Crippen molar-refractivity contribution in [2.45, 2.75) is 158 Å². The van der Waals surface area contributed by atoms with Gasteiger partial charge in [-0.2, -0.15) is 12.6 Å². The molecule has 7 atom stereocenters. The fourth-order valence-corrected chi connectivity index (χ4v) is 9.24. The second-order valence-electron chi connectivity index (χ2n) is 13.3. The summed E-state index contributed by atoms with van der Waals surface area (Å²) >= 11 is 5.45. The zero-order valence-electron chi connectivity index (χ0n) is 23.7. The summed E-state index contributed by atoms with van der Waals surface area (Å²) in [5.41, 5.74) is 20.0. The average molecular weight is 518 g/mol. The van der Waals surface area contributed by atoms with Crippen LogP contribution in [-0.4, -0.2) is 31.7 Å². The highest BCUT2D eigenvalue weighted by Gasteiger charge is 2.42. The Balaban J connectivity index is 1.77. The lowest BCUT2D eigenvalue weighted by Crippen LogP contribution is -2.47. The van der Waals surface area contributed by atoms with Gasteiger partial charge in [-0.25, -0.2) is 0 Å². The van der Waals surface area contributed by atoms with Gasteiger partial charge in [0.05, 0.1) is 7.85 Å². The van der Waals surface area contributed by atoms with Crippen molar-refractivity contribution in [2.24, 2.45) is 46.3 Å². The predicted octanol–water partition coefficient (Wildman–Crippen LogP) is 7.17. The summed E-state index contributed by atoms with van der Waals surface area (Å²) in [6, 6.07) is 0.692. The van der Waals surface area contributed by atoms with Crippen LogP contribution in [0.25, 0.3) is 0 Å². The Kier molecular flexibility index (Phi) is 13.5. The van der Waals surface area contributed by atoms with Crippen molar-refractivity contribution in [3.8, 4) is 0 Å². The molecule has 0 aliphatic heterocycles. The molecule has 3 fully saturated rings. The molecule has 0 heterocycles. The minimum Gasteiger partial charge on any atom is -0.330 e. The van der Waals surface area contributed by atoms with Gasteiger partial charge >= 0.3 is 0 Å². The van der Waals surface area contributed by atoms with Crippen LogP contribution >= 0.6 is 12.6 Å². The molecular weight excluding hydrogens is 457 g/mol. The molecule has 0 amide bonds. The molecule has 208 valence electrons. The molecule has 0 aromatic heterocycles. The van der Waals surface area contributed by atoms with Crippen LogP contribution in [-0.2, 0) is 0 Å². The van der Waals surface area contributed by atoms with Gasteiger partial charge < -0.3 is 17.2 Å². The van der Waals surface area contributed by atoms with Crippen LogP contribution in [0.1, 0.15) is 135 Å². The smallest absolute Gasteiger partial charge is 0.0699 e. The summed E-state index contributed by atoms with van der Waals surface area (Å²) in [4.78, 5) is 0. The van der Waals surface area contributed by atoms with Crippen molar-refractivity contribution in [3.63, 3.8) is 0 Å². The van der Waals surface area contributed by atoms with E-state index in [1.165, 1.54) is 122 Å². The second-order valence-corrected chi connectivity index (χ2v) is 13.9. The van der Waals surface area contributed by atoms with Gasteiger partial charge in [0.2, 0.25) is 0 Å². The molecule has 0 saturated heterocycles. The minimum absolute atomic E-state index is 0.248. The van der Waals surface area contributed by atoms with E-state index in [9.17, 15) is 0 Å². The molecule has 3 aliphatic carbocycles. The van der Waals surface area contributed by atoms with Crippen LogP contribution in [0.2, 0.25) is 5.82 Å². The molecule has 0 bridgehead atoms. The molecule has 3 rings (SSSR count). The molecule has 0 spiro atoms. The summed E-state index contributed by atoms with van der Waals surface area (Å²) < 4.78 is 0. The third-order valence-electron chi connectivity index (χ3n) is 10.9. The maximum absolute atomic E-state index is 7.22. The number of rotatable bonds is 9. The van der Waals surface area contributed by atoms with Crippen LogP contribution in [0, 0.1) is 29.1 Å². The van der Waals surface area contributed by atoms with Gasteiger partial charge in [0.25, 0.3) is 0 Å². The van der Waals surface area contributed by atoms with E-state index in [0.29, 0.717) is 23.0 Å².